The van der Waals surface area contributed by atoms with Crippen molar-refractivity contribution in [1.29, 1.82) is 0 Å². The van der Waals surface area contributed by atoms with Gasteiger partial charge in [-0.25, -0.2) is 9.18 Å². The Morgan fingerprint density at radius 2 is 2.04 bits per heavy atom. The van der Waals surface area contributed by atoms with E-state index in [0.29, 0.717) is 13.0 Å². The number of benzene rings is 1. The van der Waals surface area contributed by atoms with Gasteiger partial charge in [0.25, 0.3) is 0 Å². The summed E-state index contributed by atoms with van der Waals surface area (Å²) in [4.78, 5) is 13.9. The van der Waals surface area contributed by atoms with Gasteiger partial charge in [0.1, 0.15) is 11.4 Å². The summed E-state index contributed by atoms with van der Waals surface area (Å²) in [5.41, 5.74) is 8.07. The number of rotatable bonds is 1. The molecule has 126 valence electrons. The second-order valence-corrected chi connectivity index (χ2v) is 7.10. The largest absolute Gasteiger partial charge is 0.444 e. The number of carbonyl (C=O) groups is 1. The second kappa shape index (κ2) is 6.22. The van der Waals surface area contributed by atoms with Crippen LogP contribution in [0, 0.1) is 12.7 Å². The van der Waals surface area contributed by atoms with Crippen LogP contribution in [0.4, 0.5) is 14.9 Å². The van der Waals surface area contributed by atoms with Gasteiger partial charge in [-0.15, -0.1) is 0 Å². The Labute approximate surface area is 137 Å². The van der Waals surface area contributed by atoms with E-state index in [2.05, 4.69) is 0 Å². The van der Waals surface area contributed by atoms with E-state index in [1.54, 1.807) is 11.0 Å². The molecule has 0 fully saturated rings. The van der Waals surface area contributed by atoms with E-state index in [4.69, 9.17) is 10.5 Å². The van der Waals surface area contributed by atoms with E-state index in [0.717, 1.165) is 16.7 Å². The normalized spacial score (nSPS) is 18.6. The van der Waals surface area contributed by atoms with E-state index in [-0.39, 0.29) is 17.8 Å². The topological polar surface area (TPSA) is 55.6 Å². The summed E-state index contributed by atoms with van der Waals surface area (Å²) >= 11 is 0. The van der Waals surface area contributed by atoms with Crippen molar-refractivity contribution in [2.75, 3.05) is 12.3 Å². The molecule has 0 bridgehead atoms. The number of hydrogen-bond donors (Lipinski definition) is 1. The van der Waals surface area contributed by atoms with Gasteiger partial charge in [0, 0.05) is 12.6 Å². The molecule has 1 amide bonds. The van der Waals surface area contributed by atoms with Crippen LogP contribution in [-0.2, 0) is 4.74 Å². The zero-order valence-electron chi connectivity index (χ0n) is 14.4. The standard InChI is InChI=1S/C18H25FN2O2/c1-11-8-16(20)15(19)10-14(11)13-6-7-21(12(2)9-13)17(22)23-18(3,4)5/h6,8,10,12H,7,9,20H2,1-5H3. The maximum Gasteiger partial charge on any atom is 0.410 e. The molecule has 0 saturated heterocycles. The molecular formula is C18H25FN2O2. The van der Waals surface area contributed by atoms with Crippen LogP contribution >= 0.6 is 0 Å². The summed E-state index contributed by atoms with van der Waals surface area (Å²) in [5.74, 6) is -0.409. The molecule has 1 aliphatic heterocycles. The zero-order valence-corrected chi connectivity index (χ0v) is 14.4. The number of halogens is 1. The van der Waals surface area contributed by atoms with Crippen LogP contribution in [0.15, 0.2) is 18.2 Å². The number of amides is 1. The van der Waals surface area contributed by atoms with Crippen LogP contribution in [0.5, 0.6) is 0 Å². The lowest BCUT2D eigenvalue weighted by Gasteiger charge is -2.34. The first kappa shape index (κ1) is 17.3. The monoisotopic (exact) mass is 320 g/mol. The number of carbonyl (C=O) groups excluding carboxylic acids is 1. The number of nitrogens with zero attached hydrogens (tertiary/aromatic N) is 1. The molecule has 23 heavy (non-hydrogen) atoms. The van der Waals surface area contributed by atoms with E-state index in [9.17, 15) is 9.18 Å². The highest BCUT2D eigenvalue weighted by molar-refractivity contribution is 5.75. The number of aryl methyl sites for hydroxylation is 1. The third kappa shape index (κ3) is 4.03. The molecule has 0 aromatic heterocycles. The fraction of sp³-hybridized carbons (Fsp3) is 0.500. The van der Waals surface area contributed by atoms with Crippen molar-refractivity contribution in [3.05, 3.63) is 35.2 Å². The van der Waals surface area contributed by atoms with E-state index < -0.39 is 11.4 Å². The Morgan fingerprint density at radius 3 is 2.61 bits per heavy atom. The maximum absolute atomic E-state index is 13.8. The van der Waals surface area contributed by atoms with Gasteiger partial charge in [0.2, 0.25) is 0 Å². The predicted molar refractivity (Wildman–Crippen MR) is 90.5 cm³/mol. The summed E-state index contributed by atoms with van der Waals surface area (Å²) in [6.45, 7) is 9.89. The van der Waals surface area contributed by atoms with Crippen molar-refractivity contribution in [2.24, 2.45) is 0 Å². The summed E-state index contributed by atoms with van der Waals surface area (Å²) in [6.07, 6.45) is 2.30. The minimum absolute atomic E-state index is 0.00938. The van der Waals surface area contributed by atoms with Gasteiger partial charge in [-0.05, 0) is 69.9 Å². The van der Waals surface area contributed by atoms with E-state index >= 15 is 0 Å². The van der Waals surface area contributed by atoms with Gasteiger partial charge < -0.3 is 15.4 Å². The number of nitrogens with two attached hydrogens (primary N) is 1. The van der Waals surface area contributed by atoms with Crippen LogP contribution in [0.1, 0.15) is 45.2 Å². The Kier molecular flexibility index (Phi) is 4.68. The van der Waals surface area contributed by atoms with Crippen LogP contribution in [0.2, 0.25) is 0 Å². The van der Waals surface area contributed by atoms with Crippen molar-refractivity contribution in [2.45, 2.75) is 52.7 Å². The lowest BCUT2D eigenvalue weighted by molar-refractivity contribution is 0.0199. The Morgan fingerprint density at radius 1 is 1.39 bits per heavy atom. The quantitative estimate of drug-likeness (QED) is 0.792. The average molecular weight is 320 g/mol. The first-order valence-electron chi connectivity index (χ1n) is 7.83. The highest BCUT2D eigenvalue weighted by atomic mass is 19.1. The molecule has 1 aliphatic rings. The molecule has 0 spiro atoms. The molecule has 5 heteroatoms. The fourth-order valence-corrected chi connectivity index (χ4v) is 2.75. The van der Waals surface area contributed by atoms with Crippen molar-refractivity contribution >= 4 is 17.4 Å². The van der Waals surface area contributed by atoms with Gasteiger partial charge >= 0.3 is 6.09 Å². The highest BCUT2D eigenvalue weighted by Crippen LogP contribution is 2.31. The number of hydrogen-bond acceptors (Lipinski definition) is 3. The van der Waals surface area contributed by atoms with Crippen molar-refractivity contribution in [3.8, 4) is 0 Å². The highest BCUT2D eigenvalue weighted by Gasteiger charge is 2.29. The average Bonchev–Trinajstić information content (AvgIpc) is 2.40. The number of nitrogen functional groups attached to an aromatic ring is 1. The van der Waals surface area contributed by atoms with Crippen LogP contribution in [0.3, 0.4) is 0 Å². The molecule has 2 N–H and O–H groups in total. The summed E-state index contributed by atoms with van der Waals surface area (Å²) < 4.78 is 19.2. The summed E-state index contributed by atoms with van der Waals surface area (Å²) in [5, 5.41) is 0. The maximum atomic E-state index is 13.8. The Bertz CT molecular complexity index is 647. The molecule has 1 aromatic rings. The first-order chi connectivity index (χ1) is 10.6. The summed E-state index contributed by atoms with van der Waals surface area (Å²) in [7, 11) is 0. The van der Waals surface area contributed by atoms with Gasteiger partial charge in [0.15, 0.2) is 0 Å². The summed E-state index contributed by atoms with van der Waals surface area (Å²) in [6, 6.07) is 3.12. The zero-order chi connectivity index (χ0) is 17.4. The molecule has 0 radical (unpaired) electrons. The first-order valence-corrected chi connectivity index (χ1v) is 7.83. The van der Waals surface area contributed by atoms with Crippen molar-refractivity contribution in [1.82, 2.24) is 4.90 Å². The van der Waals surface area contributed by atoms with Gasteiger partial charge in [-0.2, -0.15) is 0 Å². The lowest BCUT2D eigenvalue weighted by atomic mass is 9.92. The molecule has 2 rings (SSSR count). The molecule has 1 heterocycles. The van der Waals surface area contributed by atoms with Crippen LogP contribution < -0.4 is 5.73 Å². The molecule has 1 atom stereocenters. The SMILES string of the molecule is Cc1cc(N)c(F)cc1C1=CCN(C(=O)OC(C)(C)C)C(C)C1. The number of anilines is 1. The molecule has 1 aromatic carbocycles. The Hall–Kier alpha value is -2.04. The molecule has 1 unspecified atom stereocenters. The smallest absolute Gasteiger partial charge is 0.410 e. The fourth-order valence-electron chi connectivity index (χ4n) is 2.75. The third-order valence-corrected chi connectivity index (χ3v) is 3.90. The third-order valence-electron chi connectivity index (χ3n) is 3.90. The van der Waals surface area contributed by atoms with Gasteiger partial charge in [-0.1, -0.05) is 6.08 Å². The molecular weight excluding hydrogens is 295 g/mol. The van der Waals surface area contributed by atoms with Gasteiger partial charge in [-0.3, -0.25) is 0 Å². The molecule has 0 aliphatic carbocycles. The van der Waals surface area contributed by atoms with E-state index in [1.165, 1.54) is 6.07 Å². The van der Waals surface area contributed by atoms with Crippen LogP contribution in [-0.4, -0.2) is 29.2 Å². The minimum atomic E-state index is -0.516. The minimum Gasteiger partial charge on any atom is -0.444 e. The second-order valence-electron chi connectivity index (χ2n) is 7.10. The van der Waals surface area contributed by atoms with Crippen molar-refractivity contribution < 1.29 is 13.9 Å². The number of ether oxygens (including phenoxy) is 1. The predicted octanol–water partition coefficient (Wildman–Crippen LogP) is 4.13. The molecule has 0 saturated carbocycles. The van der Waals surface area contributed by atoms with Gasteiger partial charge in [0.05, 0.1) is 5.69 Å². The van der Waals surface area contributed by atoms with Crippen molar-refractivity contribution in [3.63, 3.8) is 0 Å². The lowest BCUT2D eigenvalue weighted by Crippen LogP contribution is -2.44. The molecule has 4 nitrogen and oxygen atoms in total. The Balaban J connectivity index is 2.21. The van der Waals surface area contributed by atoms with Crippen LogP contribution in [0.25, 0.3) is 5.57 Å². The van der Waals surface area contributed by atoms with E-state index in [1.807, 2.05) is 40.7 Å².